The van der Waals surface area contributed by atoms with Crippen molar-refractivity contribution in [3.8, 4) is 5.69 Å². The van der Waals surface area contributed by atoms with Gasteiger partial charge in [-0.25, -0.2) is 4.68 Å². The molecule has 3 nitrogen and oxygen atoms in total. The Morgan fingerprint density at radius 2 is 2.15 bits per heavy atom. The molecule has 0 unspecified atom stereocenters. The maximum absolute atomic E-state index is 6.15. The summed E-state index contributed by atoms with van der Waals surface area (Å²) >= 11 is 6.15. The van der Waals surface area contributed by atoms with Crippen molar-refractivity contribution in [2.24, 2.45) is 0 Å². The summed E-state index contributed by atoms with van der Waals surface area (Å²) in [6.45, 7) is 6.35. The van der Waals surface area contributed by atoms with Gasteiger partial charge in [0.15, 0.2) is 0 Å². The molecule has 1 N–H and O–H groups in total. The smallest absolute Gasteiger partial charge is 0.0660 e. The number of aryl methyl sites for hydroxylation is 2. The molecule has 0 bridgehead atoms. The van der Waals surface area contributed by atoms with E-state index in [2.05, 4.69) is 23.5 Å². The van der Waals surface area contributed by atoms with Crippen LogP contribution in [0.3, 0.4) is 0 Å². The summed E-state index contributed by atoms with van der Waals surface area (Å²) in [5.41, 5.74) is 3.36. The molecule has 0 saturated heterocycles. The minimum absolute atomic E-state index is 0.781. The van der Waals surface area contributed by atoms with Crippen molar-refractivity contribution in [2.75, 3.05) is 13.1 Å². The van der Waals surface area contributed by atoms with E-state index in [9.17, 15) is 0 Å². The van der Waals surface area contributed by atoms with Crippen LogP contribution in [0.2, 0.25) is 5.02 Å². The molecule has 1 heterocycles. The van der Waals surface area contributed by atoms with Crippen molar-refractivity contribution in [3.05, 3.63) is 46.7 Å². The number of aromatic nitrogens is 2. The van der Waals surface area contributed by atoms with E-state index in [-0.39, 0.29) is 0 Å². The molecule has 0 fully saturated rings. The van der Waals surface area contributed by atoms with Gasteiger partial charge in [0, 0.05) is 11.2 Å². The maximum atomic E-state index is 6.15. The van der Waals surface area contributed by atoms with Crippen molar-refractivity contribution in [1.29, 1.82) is 0 Å². The van der Waals surface area contributed by atoms with Gasteiger partial charge in [-0.05, 0) is 62.5 Å². The molecular formula is C16H22ClN3. The highest BCUT2D eigenvalue weighted by molar-refractivity contribution is 6.31. The predicted octanol–water partition coefficient (Wildman–Crippen LogP) is 3.77. The quantitative estimate of drug-likeness (QED) is 0.787. The predicted molar refractivity (Wildman–Crippen MR) is 84.8 cm³/mol. The molecule has 1 aromatic carbocycles. The first-order chi connectivity index (χ1) is 9.70. The topological polar surface area (TPSA) is 29.9 Å². The van der Waals surface area contributed by atoms with E-state index in [1.54, 1.807) is 0 Å². The molecule has 0 atom stereocenters. The summed E-state index contributed by atoms with van der Waals surface area (Å²) < 4.78 is 1.89. The fourth-order valence-corrected chi connectivity index (χ4v) is 2.25. The zero-order valence-electron chi connectivity index (χ0n) is 12.2. The monoisotopic (exact) mass is 291 g/mol. The molecule has 108 valence electrons. The van der Waals surface area contributed by atoms with Gasteiger partial charge in [-0.1, -0.05) is 24.6 Å². The molecule has 0 aliphatic carbocycles. The number of rotatable bonds is 7. The molecule has 0 aliphatic heterocycles. The van der Waals surface area contributed by atoms with Crippen LogP contribution in [-0.4, -0.2) is 22.9 Å². The van der Waals surface area contributed by atoms with Crippen LogP contribution in [0.25, 0.3) is 5.69 Å². The standard InChI is InChI=1S/C16H22ClN3/c1-3-8-18-9-4-5-14-11-19-20(12-14)15-7-6-13(2)16(17)10-15/h6-7,10-12,18H,3-5,8-9H2,1-2H3. The lowest BCUT2D eigenvalue weighted by molar-refractivity contribution is 0.640. The minimum atomic E-state index is 0.781. The van der Waals surface area contributed by atoms with E-state index in [0.717, 1.165) is 42.2 Å². The average molecular weight is 292 g/mol. The number of nitrogens with one attached hydrogen (secondary N) is 1. The molecule has 20 heavy (non-hydrogen) atoms. The summed E-state index contributed by atoms with van der Waals surface area (Å²) in [4.78, 5) is 0. The second-order valence-corrected chi connectivity index (χ2v) is 5.49. The highest BCUT2D eigenvalue weighted by Gasteiger charge is 2.03. The van der Waals surface area contributed by atoms with Gasteiger partial charge in [-0.15, -0.1) is 0 Å². The first kappa shape index (κ1) is 15.1. The van der Waals surface area contributed by atoms with E-state index in [4.69, 9.17) is 11.6 Å². The van der Waals surface area contributed by atoms with Gasteiger partial charge in [0.2, 0.25) is 0 Å². The largest absolute Gasteiger partial charge is 0.317 e. The average Bonchev–Trinajstić information content (AvgIpc) is 2.90. The summed E-state index contributed by atoms with van der Waals surface area (Å²) in [7, 11) is 0. The normalized spacial score (nSPS) is 10.9. The van der Waals surface area contributed by atoms with Crippen molar-refractivity contribution in [1.82, 2.24) is 15.1 Å². The number of halogens is 1. The molecule has 0 spiro atoms. The van der Waals surface area contributed by atoms with Gasteiger partial charge in [-0.3, -0.25) is 0 Å². The Kier molecular flexibility index (Phi) is 5.62. The first-order valence-corrected chi connectivity index (χ1v) is 7.59. The van der Waals surface area contributed by atoms with E-state index < -0.39 is 0 Å². The summed E-state index contributed by atoms with van der Waals surface area (Å²) in [5.74, 6) is 0. The summed E-state index contributed by atoms with van der Waals surface area (Å²) in [6.07, 6.45) is 7.40. The van der Waals surface area contributed by atoms with Crippen LogP contribution in [0, 0.1) is 6.92 Å². The van der Waals surface area contributed by atoms with Crippen LogP contribution >= 0.6 is 11.6 Å². The Bertz CT molecular complexity index is 548. The Labute approximate surface area is 126 Å². The van der Waals surface area contributed by atoms with Crippen LogP contribution in [0.1, 0.15) is 30.9 Å². The number of hydrogen-bond donors (Lipinski definition) is 1. The Morgan fingerprint density at radius 1 is 1.30 bits per heavy atom. The van der Waals surface area contributed by atoms with Crippen molar-refractivity contribution < 1.29 is 0 Å². The fraction of sp³-hybridized carbons (Fsp3) is 0.438. The van der Waals surface area contributed by atoms with Crippen molar-refractivity contribution >= 4 is 11.6 Å². The van der Waals surface area contributed by atoms with Gasteiger partial charge >= 0.3 is 0 Å². The van der Waals surface area contributed by atoms with Crippen LogP contribution in [0.5, 0.6) is 0 Å². The third kappa shape index (κ3) is 4.09. The zero-order valence-corrected chi connectivity index (χ0v) is 13.0. The van der Waals surface area contributed by atoms with Gasteiger partial charge in [0.05, 0.1) is 11.9 Å². The van der Waals surface area contributed by atoms with Crippen LogP contribution in [-0.2, 0) is 6.42 Å². The Balaban J connectivity index is 1.93. The van der Waals surface area contributed by atoms with E-state index in [1.165, 1.54) is 12.0 Å². The lowest BCUT2D eigenvalue weighted by atomic mass is 10.2. The molecular weight excluding hydrogens is 270 g/mol. The molecule has 0 radical (unpaired) electrons. The fourth-order valence-electron chi connectivity index (χ4n) is 2.07. The molecule has 0 aliphatic rings. The van der Waals surface area contributed by atoms with Crippen molar-refractivity contribution in [3.63, 3.8) is 0 Å². The Hall–Kier alpha value is -1.32. The van der Waals surface area contributed by atoms with Crippen molar-refractivity contribution in [2.45, 2.75) is 33.1 Å². The SMILES string of the molecule is CCCNCCCc1cnn(-c2ccc(C)c(Cl)c2)c1. The maximum Gasteiger partial charge on any atom is 0.0660 e. The van der Waals surface area contributed by atoms with Crippen LogP contribution in [0.4, 0.5) is 0 Å². The Morgan fingerprint density at radius 3 is 2.90 bits per heavy atom. The second-order valence-electron chi connectivity index (χ2n) is 5.08. The van der Waals surface area contributed by atoms with Gasteiger partial charge < -0.3 is 5.32 Å². The van der Waals surface area contributed by atoms with Gasteiger partial charge in [-0.2, -0.15) is 5.10 Å². The highest BCUT2D eigenvalue weighted by atomic mass is 35.5. The number of nitrogens with zero attached hydrogens (tertiary/aromatic N) is 2. The van der Waals surface area contributed by atoms with Crippen LogP contribution in [0.15, 0.2) is 30.6 Å². The summed E-state index contributed by atoms with van der Waals surface area (Å²) in [6, 6.07) is 6.02. The second kappa shape index (κ2) is 7.46. The third-order valence-corrected chi connectivity index (χ3v) is 3.71. The van der Waals surface area contributed by atoms with E-state index in [0.29, 0.717) is 0 Å². The van der Waals surface area contributed by atoms with Gasteiger partial charge in [0.25, 0.3) is 0 Å². The third-order valence-electron chi connectivity index (χ3n) is 3.30. The molecule has 0 amide bonds. The zero-order chi connectivity index (χ0) is 14.4. The first-order valence-electron chi connectivity index (χ1n) is 7.21. The van der Waals surface area contributed by atoms with E-state index in [1.807, 2.05) is 36.0 Å². The van der Waals surface area contributed by atoms with Crippen LogP contribution < -0.4 is 5.32 Å². The lowest BCUT2D eigenvalue weighted by Crippen LogP contribution is -2.16. The summed E-state index contributed by atoms with van der Waals surface area (Å²) in [5, 5.41) is 8.60. The molecule has 2 aromatic rings. The highest BCUT2D eigenvalue weighted by Crippen LogP contribution is 2.19. The van der Waals surface area contributed by atoms with E-state index >= 15 is 0 Å². The molecule has 1 aromatic heterocycles. The number of hydrogen-bond acceptors (Lipinski definition) is 2. The number of benzene rings is 1. The lowest BCUT2D eigenvalue weighted by Gasteiger charge is -2.04. The van der Waals surface area contributed by atoms with Gasteiger partial charge in [0.1, 0.15) is 0 Å². The molecule has 4 heteroatoms. The molecule has 0 saturated carbocycles. The molecule has 2 rings (SSSR count). The minimum Gasteiger partial charge on any atom is -0.317 e.